The number of nitrogen functional groups attached to an aromatic ring is 1. The minimum absolute atomic E-state index is 0.170. The fraction of sp³-hybridized carbons (Fsp3) is 0.667. The van der Waals surface area contributed by atoms with Gasteiger partial charge in [0.2, 0.25) is 0 Å². The minimum Gasteiger partial charge on any atom is -0.460 e. The normalized spacial score (nSPS) is 13.6. The maximum absolute atomic E-state index is 6.15. The van der Waals surface area contributed by atoms with Gasteiger partial charge < -0.3 is 43.8 Å². The molecule has 3 aromatic heterocycles. The van der Waals surface area contributed by atoms with E-state index in [4.69, 9.17) is 43.9 Å². The Hall–Kier alpha value is -3.14. The first-order valence-corrected chi connectivity index (χ1v) is 15.4. The smallest absolute Gasteiger partial charge is 0.336 e. The van der Waals surface area contributed by atoms with E-state index in [9.17, 15) is 0 Å². The highest BCUT2D eigenvalue weighted by molar-refractivity contribution is 5.60. The molecular formula is C30H47N7O7. The van der Waals surface area contributed by atoms with Crippen molar-refractivity contribution in [3.8, 4) is 6.01 Å². The number of nitrogens with zero attached hydrogens (tertiary/aromatic N) is 6. The molecule has 0 spiro atoms. The Labute approximate surface area is 259 Å². The Balaban J connectivity index is 1.09. The van der Waals surface area contributed by atoms with Crippen molar-refractivity contribution in [2.45, 2.75) is 32.6 Å². The van der Waals surface area contributed by atoms with Gasteiger partial charge in [0.25, 0.3) is 0 Å². The molecule has 3 aromatic rings. The highest BCUT2D eigenvalue weighted by Gasteiger charge is 2.16. The van der Waals surface area contributed by atoms with Crippen molar-refractivity contribution in [2.24, 2.45) is 0 Å². The molecule has 0 radical (unpaired) electrons. The van der Waals surface area contributed by atoms with Crippen molar-refractivity contribution in [1.82, 2.24) is 24.6 Å². The Morgan fingerprint density at radius 3 is 1.93 bits per heavy atom. The third-order valence-corrected chi connectivity index (χ3v) is 6.97. The lowest BCUT2D eigenvalue weighted by atomic mass is 10.1. The lowest BCUT2D eigenvalue weighted by molar-refractivity contribution is -0.0160. The van der Waals surface area contributed by atoms with E-state index in [-0.39, 0.29) is 18.4 Å². The van der Waals surface area contributed by atoms with Gasteiger partial charge in [-0.2, -0.15) is 4.98 Å². The van der Waals surface area contributed by atoms with Crippen LogP contribution in [0.1, 0.15) is 36.1 Å². The SMILES string of the molecule is COCCOCCOCCOCCOCCOCCOc1nc(N)c2ncc(Cc3cnc(N4CCCCC4)c(C)c3)n2n1. The van der Waals surface area contributed by atoms with Gasteiger partial charge in [-0.15, -0.1) is 5.10 Å². The Kier molecular flexibility index (Phi) is 14.8. The number of rotatable bonds is 22. The molecule has 0 unspecified atom stereocenters. The molecule has 0 aliphatic carbocycles. The third kappa shape index (κ3) is 11.1. The topological polar surface area (TPSA) is 150 Å². The van der Waals surface area contributed by atoms with E-state index in [0.717, 1.165) is 30.2 Å². The molecule has 0 atom stereocenters. The maximum Gasteiger partial charge on any atom is 0.336 e. The molecule has 0 bridgehead atoms. The van der Waals surface area contributed by atoms with Gasteiger partial charge in [0.05, 0.1) is 84.6 Å². The number of nitrogens with two attached hydrogens (primary N) is 1. The second kappa shape index (κ2) is 19.3. The Bertz CT molecular complexity index is 1240. The van der Waals surface area contributed by atoms with E-state index in [2.05, 4.69) is 33.0 Å². The summed E-state index contributed by atoms with van der Waals surface area (Å²) in [4.78, 5) is 15.8. The molecule has 0 aromatic carbocycles. The van der Waals surface area contributed by atoms with E-state index in [1.165, 1.54) is 24.8 Å². The van der Waals surface area contributed by atoms with E-state index in [1.54, 1.807) is 17.8 Å². The quantitative estimate of drug-likeness (QED) is 0.164. The predicted octanol–water partition coefficient (Wildman–Crippen LogP) is 2.10. The van der Waals surface area contributed by atoms with Crippen LogP contribution in [0.4, 0.5) is 11.6 Å². The first-order chi connectivity index (χ1) is 21.7. The minimum atomic E-state index is 0.170. The van der Waals surface area contributed by atoms with Crippen LogP contribution < -0.4 is 15.4 Å². The molecule has 14 heteroatoms. The molecular weight excluding hydrogens is 570 g/mol. The largest absolute Gasteiger partial charge is 0.460 e. The van der Waals surface area contributed by atoms with Crippen LogP contribution in [-0.4, -0.2) is 124 Å². The zero-order chi connectivity index (χ0) is 30.8. The maximum atomic E-state index is 6.15. The molecule has 44 heavy (non-hydrogen) atoms. The summed E-state index contributed by atoms with van der Waals surface area (Å²) >= 11 is 0. The molecule has 2 N–H and O–H groups in total. The van der Waals surface area contributed by atoms with Gasteiger partial charge in [0, 0.05) is 32.8 Å². The number of anilines is 2. The number of methoxy groups -OCH3 is 1. The highest BCUT2D eigenvalue weighted by atomic mass is 16.6. The molecule has 14 nitrogen and oxygen atoms in total. The summed E-state index contributed by atoms with van der Waals surface area (Å²) in [6, 6.07) is 2.36. The monoisotopic (exact) mass is 617 g/mol. The second-order valence-corrected chi connectivity index (χ2v) is 10.4. The van der Waals surface area contributed by atoms with Crippen LogP contribution in [0.25, 0.3) is 5.65 Å². The molecule has 1 aliphatic heterocycles. The van der Waals surface area contributed by atoms with E-state index in [0.29, 0.717) is 84.7 Å². The molecule has 4 heterocycles. The van der Waals surface area contributed by atoms with Crippen molar-refractivity contribution in [2.75, 3.05) is 110 Å². The number of imidazole rings is 1. The average Bonchev–Trinajstić information content (AvgIpc) is 3.44. The van der Waals surface area contributed by atoms with Crippen LogP contribution in [-0.2, 0) is 34.8 Å². The predicted molar refractivity (Wildman–Crippen MR) is 165 cm³/mol. The molecule has 0 saturated carbocycles. The number of piperidine rings is 1. The highest BCUT2D eigenvalue weighted by Crippen LogP contribution is 2.23. The lowest BCUT2D eigenvalue weighted by Crippen LogP contribution is -2.30. The number of aryl methyl sites for hydroxylation is 1. The molecule has 0 amide bonds. The zero-order valence-corrected chi connectivity index (χ0v) is 26.1. The third-order valence-electron chi connectivity index (χ3n) is 6.97. The van der Waals surface area contributed by atoms with Crippen molar-refractivity contribution in [3.05, 3.63) is 35.3 Å². The summed E-state index contributed by atoms with van der Waals surface area (Å²) in [5.41, 5.74) is 9.78. The molecule has 1 aliphatic rings. The molecule has 4 rings (SSSR count). The van der Waals surface area contributed by atoms with Crippen LogP contribution in [0.5, 0.6) is 6.01 Å². The summed E-state index contributed by atoms with van der Waals surface area (Å²) in [5, 5.41) is 4.52. The lowest BCUT2D eigenvalue weighted by Gasteiger charge is -2.29. The standard InChI is InChI=1S/C30H47N7O7/c1-24-20-25(22-32-28(24)36-6-4-3-5-7-36)21-26-23-33-29-27(31)34-30(35-37(26)29)44-19-18-43-17-16-42-15-14-41-13-12-40-11-10-39-9-8-38-2/h20,22-23H,3-19,21H2,1-2H3,(H2,31,34,35). The number of hydrogen-bond donors (Lipinski definition) is 1. The first-order valence-electron chi connectivity index (χ1n) is 15.4. The molecule has 244 valence electrons. The van der Waals surface area contributed by atoms with Gasteiger partial charge in [-0.25, -0.2) is 14.5 Å². The second-order valence-electron chi connectivity index (χ2n) is 10.4. The van der Waals surface area contributed by atoms with Crippen LogP contribution in [0.15, 0.2) is 18.5 Å². The fourth-order valence-electron chi connectivity index (χ4n) is 4.79. The number of fused-ring (bicyclic) bond motifs is 1. The number of ether oxygens (including phenoxy) is 7. The first kappa shape index (κ1) is 33.7. The van der Waals surface area contributed by atoms with Crippen molar-refractivity contribution >= 4 is 17.3 Å². The van der Waals surface area contributed by atoms with Crippen molar-refractivity contribution in [1.29, 1.82) is 0 Å². The zero-order valence-electron chi connectivity index (χ0n) is 26.1. The summed E-state index contributed by atoms with van der Waals surface area (Å²) in [7, 11) is 1.64. The summed E-state index contributed by atoms with van der Waals surface area (Å²) in [5.74, 6) is 1.33. The van der Waals surface area contributed by atoms with Crippen LogP contribution in [0.2, 0.25) is 0 Å². The molecule has 1 saturated heterocycles. The van der Waals surface area contributed by atoms with Gasteiger partial charge in [-0.3, -0.25) is 0 Å². The van der Waals surface area contributed by atoms with Gasteiger partial charge >= 0.3 is 6.01 Å². The van der Waals surface area contributed by atoms with E-state index < -0.39 is 0 Å². The average molecular weight is 618 g/mol. The van der Waals surface area contributed by atoms with Gasteiger partial charge in [-0.05, 0) is 37.3 Å². The number of hydrogen-bond acceptors (Lipinski definition) is 13. The van der Waals surface area contributed by atoms with Crippen LogP contribution in [0.3, 0.4) is 0 Å². The summed E-state index contributed by atoms with van der Waals surface area (Å²) in [6.07, 6.45) is 8.05. The van der Waals surface area contributed by atoms with Crippen molar-refractivity contribution in [3.63, 3.8) is 0 Å². The Morgan fingerprint density at radius 2 is 1.34 bits per heavy atom. The fourth-order valence-corrected chi connectivity index (χ4v) is 4.79. The van der Waals surface area contributed by atoms with E-state index in [1.807, 2.05) is 6.20 Å². The number of aromatic nitrogens is 5. The summed E-state index contributed by atoms with van der Waals surface area (Å²) in [6.45, 7) is 10.0. The van der Waals surface area contributed by atoms with Gasteiger partial charge in [-0.1, -0.05) is 6.07 Å². The van der Waals surface area contributed by atoms with Crippen LogP contribution >= 0.6 is 0 Å². The molecule has 1 fully saturated rings. The van der Waals surface area contributed by atoms with E-state index >= 15 is 0 Å². The van der Waals surface area contributed by atoms with Crippen molar-refractivity contribution < 1.29 is 33.2 Å². The Morgan fingerprint density at radius 1 is 0.750 bits per heavy atom. The summed E-state index contributed by atoms with van der Waals surface area (Å²) < 4.78 is 39.6. The van der Waals surface area contributed by atoms with Gasteiger partial charge in [0.15, 0.2) is 11.5 Å². The van der Waals surface area contributed by atoms with Gasteiger partial charge in [0.1, 0.15) is 12.4 Å². The van der Waals surface area contributed by atoms with Crippen LogP contribution in [0, 0.1) is 6.92 Å². The number of pyridine rings is 1.